The van der Waals surface area contributed by atoms with Gasteiger partial charge in [0.15, 0.2) is 0 Å². The summed E-state index contributed by atoms with van der Waals surface area (Å²) in [6.07, 6.45) is 3.08. The van der Waals surface area contributed by atoms with Gasteiger partial charge in [0.1, 0.15) is 11.4 Å². The van der Waals surface area contributed by atoms with Crippen molar-refractivity contribution < 1.29 is 19.7 Å². The molecule has 0 spiro atoms. The number of carbonyl (C=O) groups is 1. The molecular weight excluding hydrogens is 258 g/mol. The van der Waals surface area contributed by atoms with Crippen LogP contribution in [0.5, 0.6) is 5.75 Å². The van der Waals surface area contributed by atoms with Gasteiger partial charge in [-0.3, -0.25) is 0 Å². The van der Waals surface area contributed by atoms with E-state index in [1.807, 2.05) is 0 Å². The van der Waals surface area contributed by atoms with Crippen molar-refractivity contribution in [2.75, 3.05) is 6.54 Å². The predicted molar refractivity (Wildman–Crippen MR) is 77.3 cm³/mol. The van der Waals surface area contributed by atoms with Crippen molar-refractivity contribution in [2.45, 2.75) is 33.0 Å². The van der Waals surface area contributed by atoms with E-state index in [-0.39, 0.29) is 12.4 Å². The van der Waals surface area contributed by atoms with Crippen LogP contribution in [0.25, 0.3) is 6.08 Å². The van der Waals surface area contributed by atoms with E-state index in [9.17, 15) is 9.90 Å². The number of aromatic hydroxyl groups is 1. The second-order valence-corrected chi connectivity index (χ2v) is 5.33. The maximum absolute atomic E-state index is 11.4. The molecule has 0 saturated heterocycles. The van der Waals surface area contributed by atoms with Gasteiger partial charge >= 0.3 is 6.09 Å². The maximum atomic E-state index is 11.4. The summed E-state index contributed by atoms with van der Waals surface area (Å²) in [7, 11) is 0. The Morgan fingerprint density at radius 2 is 2.10 bits per heavy atom. The topological polar surface area (TPSA) is 78.8 Å². The SMILES string of the molecule is CC(C)(C)OC(=O)NCC=Cc1ccc(O)c(CO)c1. The van der Waals surface area contributed by atoms with E-state index >= 15 is 0 Å². The predicted octanol–water partition coefficient (Wildman–Crippen LogP) is 2.42. The van der Waals surface area contributed by atoms with E-state index in [0.717, 1.165) is 5.56 Å². The minimum atomic E-state index is -0.513. The van der Waals surface area contributed by atoms with Crippen LogP contribution < -0.4 is 5.32 Å². The van der Waals surface area contributed by atoms with Gasteiger partial charge in [-0.25, -0.2) is 4.79 Å². The van der Waals surface area contributed by atoms with Crippen molar-refractivity contribution in [1.82, 2.24) is 5.32 Å². The number of rotatable bonds is 4. The van der Waals surface area contributed by atoms with Crippen LogP contribution in [-0.4, -0.2) is 28.5 Å². The number of hydrogen-bond donors (Lipinski definition) is 3. The molecule has 0 unspecified atom stereocenters. The fourth-order valence-electron chi connectivity index (χ4n) is 1.49. The van der Waals surface area contributed by atoms with Gasteiger partial charge in [0, 0.05) is 12.1 Å². The standard InChI is InChI=1S/C15H21NO4/c1-15(2,3)20-14(19)16-8-4-5-11-6-7-13(18)12(9-11)10-17/h4-7,9,17-18H,8,10H2,1-3H3,(H,16,19). The minimum absolute atomic E-state index is 0.0662. The Bertz CT molecular complexity index is 489. The average Bonchev–Trinajstić information content (AvgIpc) is 2.34. The van der Waals surface area contributed by atoms with Crippen LogP contribution in [0.1, 0.15) is 31.9 Å². The van der Waals surface area contributed by atoms with Crippen molar-refractivity contribution in [3.05, 3.63) is 35.4 Å². The molecular formula is C15H21NO4. The van der Waals surface area contributed by atoms with Gasteiger partial charge in [-0.15, -0.1) is 0 Å². The fraction of sp³-hybridized carbons (Fsp3) is 0.400. The Morgan fingerprint density at radius 3 is 2.70 bits per heavy atom. The molecule has 3 N–H and O–H groups in total. The van der Waals surface area contributed by atoms with Gasteiger partial charge in [-0.05, 0) is 38.5 Å². The summed E-state index contributed by atoms with van der Waals surface area (Å²) in [5.41, 5.74) is 0.783. The van der Waals surface area contributed by atoms with Crippen LogP contribution in [0.3, 0.4) is 0 Å². The van der Waals surface area contributed by atoms with E-state index in [2.05, 4.69) is 5.32 Å². The molecule has 0 aromatic heterocycles. The van der Waals surface area contributed by atoms with E-state index < -0.39 is 11.7 Å². The number of hydrogen-bond acceptors (Lipinski definition) is 4. The molecule has 1 rings (SSSR count). The molecule has 20 heavy (non-hydrogen) atoms. The molecule has 0 aliphatic rings. The third-order valence-electron chi connectivity index (χ3n) is 2.35. The van der Waals surface area contributed by atoms with Crippen LogP contribution in [0.4, 0.5) is 4.79 Å². The van der Waals surface area contributed by atoms with Crippen molar-refractivity contribution in [1.29, 1.82) is 0 Å². The third kappa shape index (κ3) is 5.75. The summed E-state index contributed by atoms with van der Waals surface area (Å²) in [6.45, 7) is 5.52. The molecule has 5 nitrogen and oxygen atoms in total. The van der Waals surface area contributed by atoms with Gasteiger partial charge in [-0.1, -0.05) is 18.2 Å². The summed E-state index contributed by atoms with van der Waals surface area (Å²) in [6, 6.07) is 4.92. The summed E-state index contributed by atoms with van der Waals surface area (Å²) in [5, 5.41) is 21.1. The number of aliphatic hydroxyl groups excluding tert-OH is 1. The van der Waals surface area contributed by atoms with Crippen molar-refractivity contribution >= 4 is 12.2 Å². The van der Waals surface area contributed by atoms with Gasteiger partial charge in [0.25, 0.3) is 0 Å². The highest BCUT2D eigenvalue weighted by molar-refractivity contribution is 5.68. The fourth-order valence-corrected chi connectivity index (χ4v) is 1.49. The Balaban J connectivity index is 2.47. The second-order valence-electron chi connectivity index (χ2n) is 5.33. The van der Waals surface area contributed by atoms with E-state index in [1.165, 1.54) is 6.07 Å². The van der Waals surface area contributed by atoms with E-state index in [0.29, 0.717) is 12.1 Å². The first-order valence-corrected chi connectivity index (χ1v) is 6.38. The smallest absolute Gasteiger partial charge is 0.407 e. The van der Waals surface area contributed by atoms with Crippen LogP contribution in [0.2, 0.25) is 0 Å². The zero-order valence-corrected chi connectivity index (χ0v) is 12.0. The lowest BCUT2D eigenvalue weighted by molar-refractivity contribution is 0.0534. The molecule has 0 fully saturated rings. The van der Waals surface area contributed by atoms with E-state index in [4.69, 9.17) is 9.84 Å². The molecule has 0 heterocycles. The van der Waals surface area contributed by atoms with Crippen LogP contribution in [0.15, 0.2) is 24.3 Å². The Hall–Kier alpha value is -2.01. The van der Waals surface area contributed by atoms with Crippen LogP contribution >= 0.6 is 0 Å². The summed E-state index contributed by atoms with van der Waals surface area (Å²) in [4.78, 5) is 11.4. The molecule has 0 radical (unpaired) electrons. The highest BCUT2D eigenvalue weighted by Gasteiger charge is 2.14. The lowest BCUT2D eigenvalue weighted by atomic mass is 10.1. The molecule has 0 aliphatic carbocycles. The number of alkyl carbamates (subject to hydrolysis) is 1. The van der Waals surface area contributed by atoms with Gasteiger partial charge in [0.2, 0.25) is 0 Å². The first kappa shape index (κ1) is 16.0. The Morgan fingerprint density at radius 1 is 1.40 bits per heavy atom. The quantitative estimate of drug-likeness (QED) is 0.791. The first-order valence-electron chi connectivity index (χ1n) is 6.38. The molecule has 1 aromatic rings. The number of carbonyl (C=O) groups excluding carboxylic acids is 1. The largest absolute Gasteiger partial charge is 0.508 e. The molecule has 0 bridgehead atoms. The van der Waals surface area contributed by atoms with Gasteiger partial charge in [0.05, 0.1) is 6.61 Å². The normalized spacial score (nSPS) is 11.6. The number of benzene rings is 1. The van der Waals surface area contributed by atoms with Crippen molar-refractivity contribution in [3.63, 3.8) is 0 Å². The van der Waals surface area contributed by atoms with Crippen molar-refractivity contribution in [3.8, 4) is 5.75 Å². The number of nitrogens with one attached hydrogen (secondary N) is 1. The minimum Gasteiger partial charge on any atom is -0.508 e. The highest BCUT2D eigenvalue weighted by atomic mass is 16.6. The second kappa shape index (κ2) is 6.96. The molecule has 0 aliphatic heterocycles. The first-order chi connectivity index (χ1) is 9.31. The van der Waals surface area contributed by atoms with E-state index in [1.54, 1.807) is 45.1 Å². The Kier molecular flexibility index (Phi) is 5.58. The van der Waals surface area contributed by atoms with Crippen LogP contribution in [0, 0.1) is 0 Å². The number of aliphatic hydroxyl groups is 1. The monoisotopic (exact) mass is 279 g/mol. The lowest BCUT2D eigenvalue weighted by Crippen LogP contribution is -2.32. The lowest BCUT2D eigenvalue weighted by Gasteiger charge is -2.19. The third-order valence-corrected chi connectivity index (χ3v) is 2.35. The molecule has 0 atom stereocenters. The average molecular weight is 279 g/mol. The Labute approximate surface area is 118 Å². The van der Waals surface area contributed by atoms with Gasteiger partial charge in [-0.2, -0.15) is 0 Å². The number of amides is 1. The zero-order chi connectivity index (χ0) is 15.2. The molecule has 5 heteroatoms. The maximum Gasteiger partial charge on any atom is 0.407 e. The number of ether oxygens (including phenoxy) is 1. The summed E-state index contributed by atoms with van der Waals surface area (Å²) < 4.78 is 5.09. The molecule has 1 amide bonds. The number of phenols is 1. The summed E-state index contributed by atoms with van der Waals surface area (Å²) >= 11 is 0. The zero-order valence-electron chi connectivity index (χ0n) is 12.0. The molecule has 1 aromatic carbocycles. The molecule has 0 saturated carbocycles. The molecule has 110 valence electrons. The highest BCUT2D eigenvalue weighted by Crippen LogP contribution is 2.18. The summed E-state index contributed by atoms with van der Waals surface area (Å²) in [5.74, 6) is 0.0662. The van der Waals surface area contributed by atoms with Crippen LogP contribution in [-0.2, 0) is 11.3 Å². The van der Waals surface area contributed by atoms with Crippen molar-refractivity contribution in [2.24, 2.45) is 0 Å². The van der Waals surface area contributed by atoms with Gasteiger partial charge < -0.3 is 20.3 Å².